The Morgan fingerprint density at radius 3 is 2.89 bits per heavy atom. The molecule has 2 N–H and O–H groups in total. The van der Waals surface area contributed by atoms with Crippen LogP contribution in [0.1, 0.15) is 11.1 Å². The van der Waals surface area contributed by atoms with Crippen molar-refractivity contribution < 1.29 is 9.13 Å². The molecule has 0 saturated carbocycles. The van der Waals surface area contributed by atoms with E-state index in [2.05, 4.69) is 4.99 Å². The second-order valence-corrected chi connectivity index (χ2v) is 4.19. The van der Waals surface area contributed by atoms with E-state index < -0.39 is 0 Å². The Morgan fingerprint density at radius 1 is 1.47 bits per heavy atom. The molecule has 0 bridgehead atoms. The summed E-state index contributed by atoms with van der Waals surface area (Å²) in [7, 11) is 0. The number of rotatable bonds is 2. The first-order valence-electron chi connectivity index (χ1n) is 6.02. The summed E-state index contributed by atoms with van der Waals surface area (Å²) in [5.74, 6) is 0.00240. The molecule has 1 fully saturated rings. The van der Waals surface area contributed by atoms with Crippen LogP contribution in [0, 0.1) is 17.1 Å². The first kappa shape index (κ1) is 13.3. The standard InChI is InChI=1S/C13H15FN4O/c14-12-2-1-10(8-15)7-11(12)9-17-13(16)18-3-5-19-6-4-18/h1-2,7H,3-6,9H2,(H2,16,17). The third-order valence-electron chi connectivity index (χ3n) is 2.92. The van der Waals surface area contributed by atoms with Crippen molar-refractivity contribution in [3.05, 3.63) is 35.1 Å². The quantitative estimate of drug-likeness (QED) is 0.633. The minimum Gasteiger partial charge on any atom is -0.378 e. The van der Waals surface area contributed by atoms with Crippen molar-refractivity contribution in [3.8, 4) is 6.07 Å². The van der Waals surface area contributed by atoms with Gasteiger partial charge >= 0.3 is 0 Å². The van der Waals surface area contributed by atoms with Crippen molar-refractivity contribution in [3.63, 3.8) is 0 Å². The Labute approximate surface area is 111 Å². The highest BCUT2D eigenvalue weighted by atomic mass is 19.1. The number of benzene rings is 1. The van der Waals surface area contributed by atoms with Gasteiger partial charge in [-0.15, -0.1) is 0 Å². The lowest BCUT2D eigenvalue weighted by Crippen LogP contribution is -2.44. The fourth-order valence-corrected chi connectivity index (χ4v) is 1.82. The van der Waals surface area contributed by atoms with E-state index >= 15 is 0 Å². The Kier molecular flexibility index (Phi) is 4.31. The number of guanidine groups is 1. The molecule has 1 heterocycles. The van der Waals surface area contributed by atoms with E-state index in [0.717, 1.165) is 0 Å². The van der Waals surface area contributed by atoms with Crippen LogP contribution in [0.15, 0.2) is 23.2 Å². The molecule has 0 aromatic heterocycles. The summed E-state index contributed by atoms with van der Waals surface area (Å²) in [6.07, 6.45) is 0. The van der Waals surface area contributed by atoms with Crippen LogP contribution < -0.4 is 5.73 Å². The zero-order valence-electron chi connectivity index (χ0n) is 10.5. The highest BCUT2D eigenvalue weighted by Gasteiger charge is 2.12. The minimum absolute atomic E-state index is 0.130. The Bertz CT molecular complexity index is 518. The van der Waals surface area contributed by atoms with Crippen LogP contribution >= 0.6 is 0 Å². The summed E-state index contributed by atoms with van der Waals surface area (Å²) in [6, 6.07) is 6.17. The zero-order chi connectivity index (χ0) is 13.7. The molecule has 1 aromatic rings. The van der Waals surface area contributed by atoms with Gasteiger partial charge in [-0.3, -0.25) is 0 Å². The summed E-state index contributed by atoms with van der Waals surface area (Å²) in [6.45, 7) is 2.75. The van der Waals surface area contributed by atoms with Crippen molar-refractivity contribution >= 4 is 5.96 Å². The normalized spacial score (nSPS) is 16.2. The Hall–Kier alpha value is -2.13. The molecule has 0 spiro atoms. The van der Waals surface area contributed by atoms with Crippen LogP contribution in [0.5, 0.6) is 0 Å². The number of nitrogens with zero attached hydrogens (tertiary/aromatic N) is 3. The number of halogens is 1. The third kappa shape index (κ3) is 3.42. The first-order valence-corrected chi connectivity index (χ1v) is 6.02. The molecule has 19 heavy (non-hydrogen) atoms. The van der Waals surface area contributed by atoms with Crippen LogP contribution in [-0.2, 0) is 11.3 Å². The fourth-order valence-electron chi connectivity index (χ4n) is 1.82. The smallest absolute Gasteiger partial charge is 0.191 e. The van der Waals surface area contributed by atoms with Gasteiger partial charge in [0.15, 0.2) is 5.96 Å². The fraction of sp³-hybridized carbons (Fsp3) is 0.385. The molecule has 0 unspecified atom stereocenters. The molecule has 0 amide bonds. The van der Waals surface area contributed by atoms with Gasteiger partial charge in [0, 0.05) is 18.7 Å². The van der Waals surface area contributed by atoms with Gasteiger partial charge in [-0.2, -0.15) is 5.26 Å². The van der Waals surface area contributed by atoms with Crippen molar-refractivity contribution in [2.24, 2.45) is 10.7 Å². The maximum atomic E-state index is 13.5. The van der Waals surface area contributed by atoms with Gasteiger partial charge < -0.3 is 15.4 Å². The van der Waals surface area contributed by atoms with Crippen LogP contribution in [-0.4, -0.2) is 37.2 Å². The van der Waals surface area contributed by atoms with E-state index in [-0.39, 0.29) is 12.4 Å². The molecular formula is C13H15FN4O. The molecule has 1 saturated heterocycles. The molecule has 2 rings (SSSR count). The SMILES string of the molecule is N#Cc1ccc(F)c(CN=C(N)N2CCOCC2)c1. The van der Waals surface area contributed by atoms with E-state index in [1.165, 1.54) is 18.2 Å². The number of morpholine rings is 1. The van der Waals surface area contributed by atoms with Crippen molar-refractivity contribution in [1.29, 1.82) is 5.26 Å². The average molecular weight is 262 g/mol. The van der Waals surface area contributed by atoms with Crippen molar-refractivity contribution in [1.82, 2.24) is 4.90 Å². The zero-order valence-corrected chi connectivity index (χ0v) is 10.5. The largest absolute Gasteiger partial charge is 0.378 e. The highest BCUT2D eigenvalue weighted by molar-refractivity contribution is 5.78. The number of aliphatic imine (C=N–C) groups is 1. The highest BCUT2D eigenvalue weighted by Crippen LogP contribution is 2.11. The molecule has 1 aliphatic rings. The van der Waals surface area contributed by atoms with E-state index in [4.69, 9.17) is 15.7 Å². The van der Waals surface area contributed by atoms with Crippen LogP contribution in [0.25, 0.3) is 0 Å². The predicted molar refractivity (Wildman–Crippen MR) is 68.8 cm³/mol. The Balaban J connectivity index is 2.06. The van der Waals surface area contributed by atoms with Gasteiger partial charge in [-0.05, 0) is 18.2 Å². The summed E-state index contributed by atoms with van der Waals surface area (Å²) < 4.78 is 18.8. The molecule has 0 radical (unpaired) electrons. The molecule has 0 atom stereocenters. The molecule has 1 aliphatic heterocycles. The van der Waals surface area contributed by atoms with Crippen molar-refractivity contribution in [2.45, 2.75) is 6.54 Å². The van der Waals surface area contributed by atoms with Gasteiger partial charge in [-0.1, -0.05) is 0 Å². The molecular weight excluding hydrogens is 247 g/mol. The van der Waals surface area contributed by atoms with Crippen LogP contribution in [0.3, 0.4) is 0 Å². The number of nitriles is 1. The number of nitrogens with two attached hydrogens (primary N) is 1. The molecule has 0 aliphatic carbocycles. The first-order chi connectivity index (χ1) is 9.20. The lowest BCUT2D eigenvalue weighted by molar-refractivity contribution is 0.0674. The maximum Gasteiger partial charge on any atom is 0.191 e. The van der Waals surface area contributed by atoms with Crippen molar-refractivity contribution in [2.75, 3.05) is 26.3 Å². The van der Waals surface area contributed by atoms with Gasteiger partial charge in [0.2, 0.25) is 0 Å². The van der Waals surface area contributed by atoms with E-state index in [0.29, 0.717) is 43.4 Å². The van der Waals surface area contributed by atoms with Crippen LogP contribution in [0.4, 0.5) is 4.39 Å². The topological polar surface area (TPSA) is 74.6 Å². The predicted octanol–water partition coefficient (Wildman–Crippen LogP) is 0.844. The number of hydrogen-bond donors (Lipinski definition) is 1. The molecule has 1 aromatic carbocycles. The average Bonchev–Trinajstić information content (AvgIpc) is 2.47. The molecule has 6 heteroatoms. The lowest BCUT2D eigenvalue weighted by Gasteiger charge is -2.27. The molecule has 100 valence electrons. The summed E-state index contributed by atoms with van der Waals surface area (Å²) in [4.78, 5) is 6.07. The monoisotopic (exact) mass is 262 g/mol. The second kappa shape index (κ2) is 6.16. The van der Waals surface area contributed by atoms with Crippen LogP contribution in [0.2, 0.25) is 0 Å². The van der Waals surface area contributed by atoms with E-state index in [1.807, 2.05) is 11.0 Å². The number of ether oxygens (including phenoxy) is 1. The minimum atomic E-state index is -0.377. The lowest BCUT2D eigenvalue weighted by atomic mass is 10.1. The number of hydrogen-bond acceptors (Lipinski definition) is 3. The van der Waals surface area contributed by atoms with Gasteiger partial charge in [-0.25, -0.2) is 9.38 Å². The third-order valence-corrected chi connectivity index (χ3v) is 2.92. The Morgan fingerprint density at radius 2 is 2.21 bits per heavy atom. The summed E-state index contributed by atoms with van der Waals surface area (Å²) >= 11 is 0. The molecule has 5 nitrogen and oxygen atoms in total. The van der Waals surface area contributed by atoms with E-state index in [9.17, 15) is 4.39 Å². The van der Waals surface area contributed by atoms with Gasteiger partial charge in [0.1, 0.15) is 5.82 Å². The van der Waals surface area contributed by atoms with Gasteiger partial charge in [0.25, 0.3) is 0 Å². The second-order valence-electron chi connectivity index (χ2n) is 4.19. The maximum absolute atomic E-state index is 13.5. The van der Waals surface area contributed by atoms with Gasteiger partial charge in [0.05, 0.1) is 31.4 Å². The van der Waals surface area contributed by atoms with E-state index in [1.54, 1.807) is 0 Å². The summed E-state index contributed by atoms with van der Waals surface area (Å²) in [5.41, 5.74) is 6.63. The summed E-state index contributed by atoms with van der Waals surface area (Å²) in [5, 5.41) is 8.78.